The van der Waals surface area contributed by atoms with Gasteiger partial charge < -0.3 is 9.88 Å². The van der Waals surface area contributed by atoms with Crippen LogP contribution in [0.3, 0.4) is 0 Å². The number of nitrogens with zero attached hydrogens (tertiary/aromatic N) is 2. The van der Waals surface area contributed by atoms with E-state index in [9.17, 15) is 18.0 Å². The molecule has 0 fully saturated rings. The van der Waals surface area contributed by atoms with Gasteiger partial charge in [-0.3, -0.25) is 9.78 Å². The Labute approximate surface area is 174 Å². The van der Waals surface area contributed by atoms with Crippen molar-refractivity contribution in [3.8, 4) is 0 Å². The highest BCUT2D eigenvalue weighted by molar-refractivity contribution is 6.31. The minimum Gasteiger partial charge on any atom is -0.343 e. The summed E-state index contributed by atoms with van der Waals surface area (Å²) in [6.07, 6.45) is 0.731. The van der Waals surface area contributed by atoms with Crippen LogP contribution in [0.25, 0.3) is 10.9 Å². The maximum Gasteiger partial charge on any atom is 0.417 e. The number of alkyl halides is 3. The summed E-state index contributed by atoms with van der Waals surface area (Å²) >= 11 is 5.65. The fourth-order valence-electron chi connectivity index (χ4n) is 3.26. The number of halogens is 4. The molecule has 4 nitrogen and oxygen atoms in total. The summed E-state index contributed by atoms with van der Waals surface area (Å²) < 4.78 is 41.2. The molecule has 0 aliphatic heterocycles. The predicted octanol–water partition coefficient (Wildman–Crippen LogP) is 6.01. The molecular formula is C22H15ClF3N3O. The molecule has 2 aromatic carbocycles. The van der Waals surface area contributed by atoms with Gasteiger partial charge in [0.1, 0.15) is 0 Å². The molecule has 4 aromatic rings. The van der Waals surface area contributed by atoms with E-state index in [4.69, 9.17) is 11.6 Å². The summed E-state index contributed by atoms with van der Waals surface area (Å²) in [4.78, 5) is 16.9. The van der Waals surface area contributed by atoms with E-state index in [2.05, 4.69) is 10.3 Å². The van der Waals surface area contributed by atoms with Crippen molar-refractivity contribution in [2.45, 2.75) is 12.7 Å². The summed E-state index contributed by atoms with van der Waals surface area (Å²) in [5.74, 6) is -0.501. The first-order valence-electron chi connectivity index (χ1n) is 8.98. The van der Waals surface area contributed by atoms with Crippen molar-refractivity contribution >= 4 is 34.1 Å². The molecule has 0 atom stereocenters. The van der Waals surface area contributed by atoms with Gasteiger partial charge in [0.2, 0.25) is 0 Å². The van der Waals surface area contributed by atoms with Crippen molar-refractivity contribution < 1.29 is 18.0 Å². The van der Waals surface area contributed by atoms with Crippen LogP contribution in [0, 0.1) is 0 Å². The van der Waals surface area contributed by atoms with E-state index in [1.807, 2.05) is 35.0 Å². The van der Waals surface area contributed by atoms with Gasteiger partial charge in [0, 0.05) is 41.8 Å². The second kappa shape index (κ2) is 7.84. The molecule has 2 heterocycles. The molecule has 0 unspecified atom stereocenters. The normalized spacial score (nSPS) is 11.6. The fourth-order valence-corrected chi connectivity index (χ4v) is 3.48. The van der Waals surface area contributed by atoms with E-state index >= 15 is 0 Å². The van der Waals surface area contributed by atoms with Crippen molar-refractivity contribution in [1.82, 2.24) is 9.55 Å². The number of pyridine rings is 1. The van der Waals surface area contributed by atoms with Crippen LogP contribution >= 0.6 is 11.6 Å². The van der Waals surface area contributed by atoms with E-state index in [0.717, 1.165) is 28.6 Å². The minimum atomic E-state index is -4.61. The third-order valence-corrected chi connectivity index (χ3v) is 5.03. The molecule has 8 heteroatoms. The van der Waals surface area contributed by atoms with Crippen LogP contribution in [0.5, 0.6) is 0 Å². The van der Waals surface area contributed by atoms with E-state index in [0.29, 0.717) is 12.1 Å². The van der Waals surface area contributed by atoms with E-state index in [-0.39, 0.29) is 5.69 Å². The highest BCUT2D eigenvalue weighted by atomic mass is 35.5. The number of aromatic nitrogens is 2. The number of amides is 1. The number of hydrogen-bond donors (Lipinski definition) is 1. The Balaban J connectivity index is 1.62. The molecule has 4 rings (SSSR count). The lowest BCUT2D eigenvalue weighted by Crippen LogP contribution is -2.16. The second-order valence-electron chi connectivity index (χ2n) is 6.68. The summed E-state index contributed by atoms with van der Waals surface area (Å²) in [5, 5.41) is 3.09. The maximum atomic E-state index is 13.1. The fraction of sp³-hybridized carbons (Fsp3) is 0.0909. The number of benzene rings is 2. The molecule has 0 radical (unpaired) electrons. The molecule has 0 saturated heterocycles. The maximum absolute atomic E-state index is 13.1. The zero-order valence-electron chi connectivity index (χ0n) is 15.4. The number of carbonyl (C=O) groups is 1. The second-order valence-corrected chi connectivity index (χ2v) is 7.09. The van der Waals surface area contributed by atoms with Crippen LogP contribution in [-0.2, 0) is 12.7 Å². The Kier molecular flexibility index (Phi) is 5.22. The van der Waals surface area contributed by atoms with Gasteiger partial charge in [0.05, 0.1) is 16.1 Å². The molecule has 0 spiro atoms. The van der Waals surface area contributed by atoms with Crippen molar-refractivity contribution in [3.05, 3.63) is 94.9 Å². The first-order valence-corrected chi connectivity index (χ1v) is 9.35. The van der Waals surface area contributed by atoms with Gasteiger partial charge in [0.15, 0.2) is 0 Å². The molecule has 0 aliphatic carbocycles. The van der Waals surface area contributed by atoms with Crippen molar-refractivity contribution in [3.63, 3.8) is 0 Å². The molecule has 0 aliphatic rings. The van der Waals surface area contributed by atoms with Crippen molar-refractivity contribution in [2.75, 3.05) is 5.32 Å². The van der Waals surface area contributed by atoms with Gasteiger partial charge in [-0.15, -0.1) is 0 Å². The van der Waals surface area contributed by atoms with Crippen LogP contribution < -0.4 is 5.32 Å². The first kappa shape index (κ1) is 20.0. The van der Waals surface area contributed by atoms with E-state index < -0.39 is 22.7 Å². The lowest BCUT2D eigenvalue weighted by molar-refractivity contribution is -0.137. The van der Waals surface area contributed by atoms with Crippen molar-refractivity contribution in [2.24, 2.45) is 0 Å². The summed E-state index contributed by atoms with van der Waals surface area (Å²) in [6.45, 7) is 0.422. The van der Waals surface area contributed by atoms with E-state index in [1.165, 1.54) is 6.07 Å². The number of rotatable bonds is 4. The molecule has 0 bridgehead atoms. The van der Waals surface area contributed by atoms with Gasteiger partial charge in [0.25, 0.3) is 5.91 Å². The Hall–Kier alpha value is -3.32. The number of nitrogens with one attached hydrogen (secondary N) is 1. The topological polar surface area (TPSA) is 46.9 Å². The number of carbonyl (C=O) groups excluding carboxylic acids is 1. The highest BCUT2D eigenvalue weighted by Gasteiger charge is 2.33. The first-order chi connectivity index (χ1) is 14.3. The Morgan fingerprint density at radius 1 is 1.10 bits per heavy atom. The third-order valence-electron chi connectivity index (χ3n) is 4.70. The van der Waals surface area contributed by atoms with E-state index in [1.54, 1.807) is 24.5 Å². The van der Waals surface area contributed by atoms with Crippen LogP contribution in [0.4, 0.5) is 18.9 Å². The van der Waals surface area contributed by atoms with Gasteiger partial charge in [-0.25, -0.2) is 0 Å². The van der Waals surface area contributed by atoms with Gasteiger partial charge >= 0.3 is 6.18 Å². The van der Waals surface area contributed by atoms with Crippen LogP contribution in [0.2, 0.25) is 5.02 Å². The number of fused-ring (bicyclic) bond motifs is 1. The monoisotopic (exact) mass is 429 g/mol. The summed E-state index contributed by atoms with van der Waals surface area (Å²) in [5.41, 5.74) is 1.09. The molecule has 30 heavy (non-hydrogen) atoms. The minimum absolute atomic E-state index is 0.0176. The Morgan fingerprint density at radius 3 is 2.70 bits per heavy atom. The smallest absolute Gasteiger partial charge is 0.343 e. The Morgan fingerprint density at radius 2 is 1.90 bits per heavy atom. The number of hydrogen-bond acceptors (Lipinski definition) is 2. The Bertz CT molecular complexity index is 1230. The molecule has 1 amide bonds. The highest BCUT2D eigenvalue weighted by Crippen LogP contribution is 2.36. The van der Waals surface area contributed by atoms with Crippen LogP contribution in [-0.4, -0.2) is 15.5 Å². The summed E-state index contributed by atoms with van der Waals surface area (Å²) in [6, 6.07) is 14.1. The molecule has 1 N–H and O–H groups in total. The zero-order chi connectivity index (χ0) is 21.3. The van der Waals surface area contributed by atoms with Crippen LogP contribution in [0.1, 0.15) is 21.5 Å². The van der Waals surface area contributed by atoms with Gasteiger partial charge in [-0.1, -0.05) is 29.8 Å². The lowest BCUT2D eigenvalue weighted by Gasteiger charge is -2.14. The van der Waals surface area contributed by atoms with Gasteiger partial charge in [-0.05, 0) is 42.0 Å². The SMILES string of the molecule is O=C(Nc1ccc(Cl)c(C(F)(F)F)c1)c1ccccc1Cn1ccc2cnccc21. The molecule has 0 saturated carbocycles. The molecule has 152 valence electrons. The average molecular weight is 430 g/mol. The zero-order valence-corrected chi connectivity index (χ0v) is 16.2. The quantitative estimate of drug-likeness (QED) is 0.432. The largest absolute Gasteiger partial charge is 0.417 e. The summed E-state index contributed by atoms with van der Waals surface area (Å²) in [7, 11) is 0. The van der Waals surface area contributed by atoms with Gasteiger partial charge in [-0.2, -0.15) is 13.2 Å². The lowest BCUT2D eigenvalue weighted by atomic mass is 10.1. The third kappa shape index (κ3) is 4.02. The van der Waals surface area contributed by atoms with Crippen molar-refractivity contribution in [1.29, 1.82) is 0 Å². The molecular weight excluding hydrogens is 415 g/mol. The standard InChI is InChI=1S/C22H15ClF3N3O/c23-19-6-5-16(11-18(19)22(24,25)26)28-21(30)17-4-2-1-3-15(17)13-29-10-8-14-12-27-9-7-20(14)29/h1-12H,13H2,(H,28,30). The predicted molar refractivity (Wildman–Crippen MR) is 110 cm³/mol. The van der Waals surface area contributed by atoms with Crippen LogP contribution in [0.15, 0.2) is 73.2 Å². The number of anilines is 1. The average Bonchev–Trinajstić information content (AvgIpc) is 3.12. The molecule has 2 aromatic heterocycles.